The van der Waals surface area contributed by atoms with Crippen molar-refractivity contribution >= 4 is 57.1 Å². The van der Waals surface area contributed by atoms with Crippen molar-refractivity contribution in [2.75, 3.05) is 0 Å². The van der Waals surface area contributed by atoms with Crippen LogP contribution in [0.4, 0.5) is 0 Å². The van der Waals surface area contributed by atoms with E-state index in [0.717, 1.165) is 0 Å². The largest absolute Gasteiger partial charge is 0.506 e. The first-order valence-electron chi connectivity index (χ1n) is 3.68. The number of hydrogen-bond donors (Lipinski definition) is 4. The zero-order chi connectivity index (χ0) is 12.6. The van der Waals surface area contributed by atoms with Gasteiger partial charge in [-0.2, -0.15) is 0 Å². The molecule has 0 atom stereocenters. The maximum absolute atomic E-state index is 10.8. The minimum Gasteiger partial charge on any atom is -0.506 e. The fourth-order valence-corrected chi connectivity index (χ4v) is 2.57. The summed E-state index contributed by atoms with van der Waals surface area (Å²) in [5.74, 6) is -4.19. The van der Waals surface area contributed by atoms with Crippen LogP contribution in [0.2, 0.25) is 0 Å². The maximum Gasteiger partial charge on any atom is 0.340 e. The van der Waals surface area contributed by atoms with Crippen LogP contribution in [0, 0.1) is 7.14 Å². The molecule has 0 aliphatic carbocycles. The number of benzene rings is 1. The first-order valence-corrected chi connectivity index (χ1v) is 5.84. The summed E-state index contributed by atoms with van der Waals surface area (Å²) in [6, 6.07) is 0. The summed E-state index contributed by atoms with van der Waals surface area (Å²) in [7, 11) is 0. The van der Waals surface area contributed by atoms with Gasteiger partial charge in [-0.25, -0.2) is 9.59 Å². The van der Waals surface area contributed by atoms with E-state index in [1.807, 2.05) is 0 Å². The van der Waals surface area contributed by atoms with Gasteiger partial charge < -0.3 is 20.4 Å². The molecule has 0 bridgehead atoms. The van der Waals surface area contributed by atoms with Crippen LogP contribution in [0.1, 0.15) is 20.7 Å². The number of hydrogen-bond acceptors (Lipinski definition) is 4. The molecule has 8 heteroatoms. The minimum absolute atomic E-state index is 0.201. The molecule has 16 heavy (non-hydrogen) atoms. The molecule has 1 rings (SSSR count). The SMILES string of the molecule is O=C(O)c1c(O)c(I)c(O)c(C(=O)O)c1I. The van der Waals surface area contributed by atoms with Gasteiger partial charge in [-0.1, -0.05) is 0 Å². The smallest absolute Gasteiger partial charge is 0.340 e. The van der Waals surface area contributed by atoms with Crippen LogP contribution in [-0.4, -0.2) is 32.4 Å². The highest BCUT2D eigenvalue weighted by atomic mass is 127. The van der Waals surface area contributed by atoms with Gasteiger partial charge in [0.05, 0.1) is 3.57 Å². The van der Waals surface area contributed by atoms with Gasteiger partial charge in [0.25, 0.3) is 0 Å². The van der Waals surface area contributed by atoms with Crippen molar-refractivity contribution < 1.29 is 30.0 Å². The van der Waals surface area contributed by atoms with E-state index >= 15 is 0 Å². The number of carbonyl (C=O) groups is 2. The summed E-state index contributed by atoms with van der Waals surface area (Å²) < 4.78 is -0.416. The highest BCUT2D eigenvalue weighted by Gasteiger charge is 2.28. The van der Waals surface area contributed by atoms with Crippen molar-refractivity contribution in [2.24, 2.45) is 0 Å². The second-order valence-electron chi connectivity index (χ2n) is 2.69. The molecular weight excluding hydrogens is 446 g/mol. The maximum atomic E-state index is 10.8. The Morgan fingerprint density at radius 1 is 0.812 bits per heavy atom. The second kappa shape index (κ2) is 4.61. The van der Waals surface area contributed by atoms with Crippen LogP contribution in [-0.2, 0) is 0 Å². The molecule has 0 spiro atoms. The summed E-state index contributed by atoms with van der Waals surface area (Å²) in [4.78, 5) is 21.7. The third-order valence-corrected chi connectivity index (χ3v) is 3.86. The molecule has 0 saturated heterocycles. The van der Waals surface area contributed by atoms with Crippen molar-refractivity contribution in [2.45, 2.75) is 0 Å². The molecule has 1 aromatic rings. The van der Waals surface area contributed by atoms with E-state index in [1.165, 1.54) is 45.2 Å². The Morgan fingerprint density at radius 2 is 1.12 bits per heavy atom. The lowest BCUT2D eigenvalue weighted by atomic mass is 10.1. The molecule has 0 heterocycles. The summed E-state index contributed by atoms with van der Waals surface area (Å²) >= 11 is 2.93. The molecule has 0 saturated carbocycles. The topological polar surface area (TPSA) is 115 Å². The van der Waals surface area contributed by atoms with Crippen molar-refractivity contribution in [3.8, 4) is 11.5 Å². The van der Waals surface area contributed by atoms with Crippen LogP contribution in [0.25, 0.3) is 0 Å². The predicted octanol–water partition coefficient (Wildman–Crippen LogP) is 1.70. The molecule has 0 radical (unpaired) electrons. The number of aromatic carboxylic acids is 2. The normalized spacial score (nSPS) is 10.1. The van der Waals surface area contributed by atoms with E-state index in [0.29, 0.717) is 0 Å². The highest BCUT2D eigenvalue weighted by molar-refractivity contribution is 14.1. The third-order valence-electron chi connectivity index (χ3n) is 1.76. The number of rotatable bonds is 2. The van der Waals surface area contributed by atoms with Gasteiger partial charge in [-0.05, 0) is 45.2 Å². The lowest BCUT2D eigenvalue weighted by Gasteiger charge is -2.10. The number of carboxylic acids is 2. The van der Waals surface area contributed by atoms with E-state index in [1.54, 1.807) is 0 Å². The number of carboxylic acid groups (broad SMARTS) is 2. The molecule has 0 aromatic heterocycles. The van der Waals surface area contributed by atoms with Crippen molar-refractivity contribution in [1.29, 1.82) is 0 Å². The summed E-state index contributed by atoms with van der Waals surface area (Å²) in [6.07, 6.45) is 0. The Bertz CT molecular complexity index is 455. The van der Waals surface area contributed by atoms with Crippen molar-refractivity contribution in [1.82, 2.24) is 0 Å². The van der Waals surface area contributed by atoms with Gasteiger partial charge in [0.1, 0.15) is 22.6 Å². The van der Waals surface area contributed by atoms with Crippen molar-refractivity contribution in [3.63, 3.8) is 0 Å². The Morgan fingerprint density at radius 3 is 1.38 bits per heavy atom. The summed E-state index contributed by atoms with van der Waals surface area (Å²) in [5, 5.41) is 36.6. The average molecular weight is 450 g/mol. The van der Waals surface area contributed by atoms with Gasteiger partial charge in [0.2, 0.25) is 0 Å². The Kier molecular flexibility index (Phi) is 3.83. The lowest BCUT2D eigenvalue weighted by Crippen LogP contribution is -2.09. The van der Waals surface area contributed by atoms with Crippen LogP contribution in [0.3, 0.4) is 0 Å². The molecule has 0 amide bonds. The van der Waals surface area contributed by atoms with Gasteiger partial charge in [-0.3, -0.25) is 0 Å². The molecule has 0 aliphatic rings. The quantitative estimate of drug-likeness (QED) is 0.511. The summed E-state index contributed by atoms with van der Waals surface area (Å²) in [5.41, 5.74) is -1.06. The van der Waals surface area contributed by atoms with Crippen LogP contribution in [0.5, 0.6) is 11.5 Å². The van der Waals surface area contributed by atoms with E-state index in [4.69, 9.17) is 10.2 Å². The monoisotopic (exact) mass is 450 g/mol. The van der Waals surface area contributed by atoms with Gasteiger partial charge in [0.15, 0.2) is 0 Å². The van der Waals surface area contributed by atoms with E-state index in [-0.39, 0.29) is 7.14 Å². The van der Waals surface area contributed by atoms with Gasteiger partial charge >= 0.3 is 11.9 Å². The zero-order valence-electron chi connectivity index (χ0n) is 7.36. The van der Waals surface area contributed by atoms with Crippen LogP contribution >= 0.6 is 45.2 Å². The molecule has 6 nitrogen and oxygen atoms in total. The molecule has 86 valence electrons. The fraction of sp³-hybridized carbons (Fsp3) is 0. The predicted molar refractivity (Wildman–Crippen MR) is 69.1 cm³/mol. The molecule has 0 aliphatic heterocycles. The number of halogens is 2. The van der Waals surface area contributed by atoms with E-state index in [9.17, 15) is 19.8 Å². The van der Waals surface area contributed by atoms with E-state index in [2.05, 4.69) is 0 Å². The first-order chi connectivity index (χ1) is 7.29. The molecular formula is C8H4I2O6. The Hall–Kier alpha value is -0.780. The van der Waals surface area contributed by atoms with Crippen molar-refractivity contribution in [3.05, 3.63) is 18.3 Å². The molecule has 4 N–H and O–H groups in total. The Balaban J connectivity index is 3.80. The minimum atomic E-state index is -1.46. The third kappa shape index (κ3) is 2.03. The van der Waals surface area contributed by atoms with Crippen LogP contribution in [0.15, 0.2) is 0 Å². The standard InChI is InChI=1S/C8H4I2O6/c9-3-1(7(13)14)5(11)4(10)6(12)2(3)8(15)16/h11-12H,(H,13,14)(H,15,16). The fourth-order valence-electron chi connectivity index (χ4n) is 1.05. The first kappa shape index (κ1) is 13.3. The van der Waals surface area contributed by atoms with Crippen LogP contribution < -0.4 is 0 Å². The number of phenols is 2. The summed E-state index contributed by atoms with van der Waals surface area (Å²) in [6.45, 7) is 0. The molecule has 0 unspecified atom stereocenters. The second-order valence-corrected chi connectivity index (χ2v) is 4.84. The number of aromatic hydroxyl groups is 2. The lowest BCUT2D eigenvalue weighted by molar-refractivity contribution is 0.0691. The molecule has 0 fully saturated rings. The average Bonchev–Trinajstić information content (AvgIpc) is 2.13. The highest BCUT2D eigenvalue weighted by Crippen LogP contribution is 2.39. The van der Waals surface area contributed by atoms with Gasteiger partial charge in [-0.15, -0.1) is 0 Å². The van der Waals surface area contributed by atoms with E-state index < -0.39 is 34.6 Å². The zero-order valence-corrected chi connectivity index (χ0v) is 11.7. The Labute approximate surface area is 116 Å². The molecule has 1 aromatic carbocycles. The van der Waals surface area contributed by atoms with Gasteiger partial charge in [0, 0.05) is 3.57 Å².